The average Bonchev–Trinajstić information content (AvgIpc) is 1.85. The lowest BCUT2D eigenvalue weighted by molar-refractivity contribution is 0.0690. The molecule has 1 nitrogen and oxygen atoms in total. The Bertz CT molecular complexity index is 81.4. The minimum absolute atomic E-state index is 0.310. The van der Waals surface area contributed by atoms with Crippen molar-refractivity contribution in [2.24, 2.45) is 5.41 Å². The molecule has 0 unspecified atom stereocenters. The van der Waals surface area contributed by atoms with Crippen LogP contribution in [0.15, 0.2) is 0 Å². The summed E-state index contributed by atoms with van der Waals surface area (Å²) in [6, 6.07) is 0. The minimum atomic E-state index is 0.310. The van der Waals surface area contributed by atoms with E-state index in [1.165, 1.54) is 6.42 Å². The molecule has 0 aromatic rings. The van der Waals surface area contributed by atoms with Crippen molar-refractivity contribution in [3.63, 3.8) is 0 Å². The molecule has 67 valence electrons. The topological polar surface area (TPSA) is 9.23 Å². The van der Waals surface area contributed by atoms with E-state index < -0.39 is 0 Å². The Morgan fingerprint density at radius 2 is 1.82 bits per heavy atom. The molecule has 0 aromatic heterocycles. The summed E-state index contributed by atoms with van der Waals surface area (Å²) < 4.78 is 5.47. The van der Waals surface area contributed by atoms with E-state index in [0.717, 1.165) is 26.1 Å². The summed E-state index contributed by atoms with van der Waals surface area (Å²) in [6.07, 6.45) is 3.36. The van der Waals surface area contributed by atoms with Crippen LogP contribution in [0.1, 0.15) is 40.0 Å². The molecule has 0 aliphatic heterocycles. The SMILES string of the molecule is [CH2]CCCCOCC(C)(C)C. The van der Waals surface area contributed by atoms with Crippen molar-refractivity contribution in [2.45, 2.75) is 40.0 Å². The lowest BCUT2D eigenvalue weighted by Gasteiger charge is -2.17. The molecule has 0 aliphatic rings. The first-order valence-corrected chi connectivity index (χ1v) is 4.43. The van der Waals surface area contributed by atoms with Crippen molar-refractivity contribution in [3.05, 3.63) is 6.92 Å². The maximum atomic E-state index is 5.47. The highest BCUT2D eigenvalue weighted by Gasteiger charge is 2.08. The Kier molecular flexibility index (Phi) is 5.57. The van der Waals surface area contributed by atoms with Crippen LogP contribution in [0.2, 0.25) is 0 Å². The van der Waals surface area contributed by atoms with Crippen LogP contribution in [0, 0.1) is 12.3 Å². The third kappa shape index (κ3) is 9.96. The predicted molar refractivity (Wildman–Crippen MR) is 49.5 cm³/mol. The van der Waals surface area contributed by atoms with Gasteiger partial charge in [0.2, 0.25) is 0 Å². The summed E-state index contributed by atoms with van der Waals surface area (Å²) in [5, 5.41) is 0. The van der Waals surface area contributed by atoms with Gasteiger partial charge in [0.15, 0.2) is 0 Å². The van der Waals surface area contributed by atoms with E-state index in [1.807, 2.05) is 0 Å². The zero-order valence-electron chi connectivity index (χ0n) is 8.15. The molecule has 11 heavy (non-hydrogen) atoms. The van der Waals surface area contributed by atoms with Gasteiger partial charge in [-0.15, -0.1) is 0 Å². The molecule has 0 aliphatic carbocycles. The Balaban J connectivity index is 3.02. The summed E-state index contributed by atoms with van der Waals surface area (Å²) in [5.74, 6) is 0. The molecular weight excluding hydrogens is 136 g/mol. The molecule has 0 atom stereocenters. The van der Waals surface area contributed by atoms with Gasteiger partial charge in [0.1, 0.15) is 0 Å². The van der Waals surface area contributed by atoms with E-state index in [-0.39, 0.29) is 0 Å². The first-order chi connectivity index (χ1) is 5.06. The largest absolute Gasteiger partial charge is 0.381 e. The highest BCUT2D eigenvalue weighted by atomic mass is 16.5. The predicted octanol–water partition coefficient (Wildman–Crippen LogP) is 3.05. The molecular formula is C10H21O. The van der Waals surface area contributed by atoms with Crippen molar-refractivity contribution in [3.8, 4) is 0 Å². The second kappa shape index (κ2) is 5.59. The van der Waals surface area contributed by atoms with Crippen LogP contribution >= 0.6 is 0 Å². The summed E-state index contributed by atoms with van der Waals surface area (Å²) in [7, 11) is 0. The average molecular weight is 157 g/mol. The van der Waals surface area contributed by atoms with Crippen LogP contribution in [0.3, 0.4) is 0 Å². The normalized spacial score (nSPS) is 12.0. The van der Waals surface area contributed by atoms with E-state index in [9.17, 15) is 0 Å². The summed E-state index contributed by atoms with van der Waals surface area (Å²) in [6.45, 7) is 12.1. The van der Waals surface area contributed by atoms with Crippen molar-refractivity contribution in [2.75, 3.05) is 13.2 Å². The fourth-order valence-electron chi connectivity index (χ4n) is 0.759. The number of hydrogen-bond acceptors (Lipinski definition) is 1. The van der Waals surface area contributed by atoms with Gasteiger partial charge in [0, 0.05) is 6.61 Å². The van der Waals surface area contributed by atoms with E-state index in [4.69, 9.17) is 4.74 Å². The molecule has 0 bridgehead atoms. The monoisotopic (exact) mass is 157 g/mol. The third-order valence-electron chi connectivity index (χ3n) is 1.32. The first-order valence-electron chi connectivity index (χ1n) is 4.43. The smallest absolute Gasteiger partial charge is 0.0514 e. The Morgan fingerprint density at radius 1 is 1.18 bits per heavy atom. The van der Waals surface area contributed by atoms with Crippen LogP contribution in [-0.4, -0.2) is 13.2 Å². The molecule has 0 fully saturated rings. The second-order valence-electron chi connectivity index (χ2n) is 4.17. The molecule has 0 amide bonds. The number of unbranched alkanes of at least 4 members (excludes halogenated alkanes) is 2. The van der Waals surface area contributed by atoms with Gasteiger partial charge in [-0.2, -0.15) is 0 Å². The van der Waals surface area contributed by atoms with E-state index in [1.54, 1.807) is 0 Å². The molecule has 1 radical (unpaired) electrons. The minimum Gasteiger partial charge on any atom is -0.381 e. The molecule has 0 aromatic carbocycles. The standard InChI is InChI=1S/C10H21O/c1-5-6-7-8-11-9-10(2,3)4/h1,5-9H2,2-4H3. The van der Waals surface area contributed by atoms with Gasteiger partial charge in [-0.05, 0) is 11.8 Å². The maximum Gasteiger partial charge on any atom is 0.0514 e. The van der Waals surface area contributed by atoms with Crippen LogP contribution in [0.5, 0.6) is 0 Å². The summed E-state index contributed by atoms with van der Waals surface area (Å²) in [4.78, 5) is 0. The first kappa shape index (κ1) is 11.0. The van der Waals surface area contributed by atoms with E-state index in [0.29, 0.717) is 5.41 Å². The van der Waals surface area contributed by atoms with Gasteiger partial charge in [-0.3, -0.25) is 0 Å². The quantitative estimate of drug-likeness (QED) is 0.557. The highest BCUT2D eigenvalue weighted by molar-refractivity contribution is 4.58. The summed E-state index contributed by atoms with van der Waals surface area (Å²) in [5.41, 5.74) is 0.310. The molecule has 0 saturated heterocycles. The number of hydrogen-bond donors (Lipinski definition) is 0. The van der Waals surface area contributed by atoms with Gasteiger partial charge < -0.3 is 4.74 Å². The molecule has 0 heterocycles. The van der Waals surface area contributed by atoms with Crippen molar-refractivity contribution in [1.82, 2.24) is 0 Å². The fraction of sp³-hybridized carbons (Fsp3) is 0.900. The molecule has 1 heteroatoms. The van der Waals surface area contributed by atoms with Gasteiger partial charge >= 0.3 is 0 Å². The summed E-state index contributed by atoms with van der Waals surface area (Å²) >= 11 is 0. The Labute approximate surface area is 71.1 Å². The molecule has 0 spiro atoms. The van der Waals surface area contributed by atoms with Crippen LogP contribution in [-0.2, 0) is 4.74 Å². The number of rotatable bonds is 5. The second-order valence-corrected chi connectivity index (χ2v) is 4.17. The van der Waals surface area contributed by atoms with Crippen molar-refractivity contribution >= 4 is 0 Å². The zero-order valence-corrected chi connectivity index (χ0v) is 8.15. The number of ether oxygens (including phenoxy) is 1. The van der Waals surface area contributed by atoms with Crippen LogP contribution in [0.4, 0.5) is 0 Å². The maximum absolute atomic E-state index is 5.47. The van der Waals surface area contributed by atoms with Gasteiger partial charge in [-0.25, -0.2) is 0 Å². The van der Waals surface area contributed by atoms with Crippen molar-refractivity contribution in [1.29, 1.82) is 0 Å². The molecule has 0 saturated carbocycles. The van der Waals surface area contributed by atoms with Crippen molar-refractivity contribution < 1.29 is 4.74 Å². The van der Waals surface area contributed by atoms with E-state index >= 15 is 0 Å². The van der Waals surface area contributed by atoms with Gasteiger partial charge in [0.05, 0.1) is 6.61 Å². The molecule has 0 N–H and O–H groups in total. The lowest BCUT2D eigenvalue weighted by Crippen LogP contribution is -2.14. The van der Waals surface area contributed by atoms with Gasteiger partial charge in [-0.1, -0.05) is 40.5 Å². The molecule has 0 rings (SSSR count). The van der Waals surface area contributed by atoms with Crippen LogP contribution in [0.25, 0.3) is 0 Å². The lowest BCUT2D eigenvalue weighted by atomic mass is 9.99. The highest BCUT2D eigenvalue weighted by Crippen LogP contribution is 2.12. The zero-order chi connectivity index (χ0) is 8.74. The third-order valence-corrected chi connectivity index (χ3v) is 1.32. The van der Waals surface area contributed by atoms with E-state index in [2.05, 4.69) is 27.7 Å². The Morgan fingerprint density at radius 3 is 2.27 bits per heavy atom. The fourth-order valence-corrected chi connectivity index (χ4v) is 0.759. The van der Waals surface area contributed by atoms with Crippen LogP contribution < -0.4 is 0 Å². The van der Waals surface area contributed by atoms with Gasteiger partial charge in [0.25, 0.3) is 0 Å². The Hall–Kier alpha value is -0.0400.